The Morgan fingerprint density at radius 2 is 2.25 bits per heavy atom. The van der Waals surface area contributed by atoms with Gasteiger partial charge in [0.2, 0.25) is 5.91 Å². The average Bonchev–Trinajstić information content (AvgIpc) is 2.77. The van der Waals surface area contributed by atoms with Crippen molar-refractivity contribution < 1.29 is 9.53 Å². The number of nitrogens with zero attached hydrogens (tertiary/aromatic N) is 1. The SMILES string of the molecule is CC(C)(C)[C@H](C#N)NC(=O)[C@@H]1COc2ccc(Br)cc21. The topological polar surface area (TPSA) is 62.1 Å². The molecule has 5 heteroatoms. The van der Waals surface area contributed by atoms with Gasteiger partial charge < -0.3 is 10.1 Å². The van der Waals surface area contributed by atoms with Gasteiger partial charge in [0.1, 0.15) is 24.3 Å². The second-order valence-corrected chi connectivity index (χ2v) is 6.90. The summed E-state index contributed by atoms with van der Waals surface area (Å²) in [5, 5.41) is 12.0. The predicted octanol–water partition coefficient (Wildman–Crippen LogP) is 2.98. The van der Waals surface area contributed by atoms with E-state index in [0.717, 1.165) is 15.8 Å². The second kappa shape index (κ2) is 5.45. The van der Waals surface area contributed by atoms with Crippen LogP contribution < -0.4 is 10.1 Å². The van der Waals surface area contributed by atoms with E-state index >= 15 is 0 Å². The Balaban J connectivity index is 2.17. The summed E-state index contributed by atoms with van der Waals surface area (Å²) in [6.45, 7) is 6.10. The molecule has 0 saturated heterocycles. The molecule has 0 unspecified atom stereocenters. The van der Waals surface area contributed by atoms with Crippen molar-refractivity contribution in [1.82, 2.24) is 5.32 Å². The van der Waals surface area contributed by atoms with Crippen molar-refractivity contribution in [2.45, 2.75) is 32.7 Å². The molecule has 1 aromatic carbocycles. The molecular weight excluding hydrogens is 320 g/mol. The van der Waals surface area contributed by atoms with Crippen molar-refractivity contribution in [3.63, 3.8) is 0 Å². The molecule has 0 aromatic heterocycles. The summed E-state index contributed by atoms with van der Waals surface area (Å²) in [6, 6.07) is 7.25. The molecule has 2 rings (SSSR count). The molecule has 1 aliphatic heterocycles. The molecule has 1 amide bonds. The Morgan fingerprint density at radius 3 is 2.85 bits per heavy atom. The Kier molecular flexibility index (Phi) is 4.05. The predicted molar refractivity (Wildman–Crippen MR) is 79.4 cm³/mol. The molecule has 0 bridgehead atoms. The van der Waals surface area contributed by atoms with Gasteiger partial charge in [-0.05, 0) is 23.6 Å². The molecule has 20 heavy (non-hydrogen) atoms. The lowest BCUT2D eigenvalue weighted by molar-refractivity contribution is -0.123. The third-order valence-electron chi connectivity index (χ3n) is 3.35. The van der Waals surface area contributed by atoms with Gasteiger partial charge in [0.05, 0.1) is 6.07 Å². The fourth-order valence-electron chi connectivity index (χ4n) is 2.09. The molecule has 0 spiro atoms. The van der Waals surface area contributed by atoms with Crippen molar-refractivity contribution in [1.29, 1.82) is 5.26 Å². The first-order chi connectivity index (χ1) is 9.32. The summed E-state index contributed by atoms with van der Waals surface area (Å²) in [6.07, 6.45) is 0. The van der Waals surface area contributed by atoms with E-state index in [1.807, 2.05) is 39.0 Å². The number of nitriles is 1. The zero-order valence-electron chi connectivity index (χ0n) is 11.7. The van der Waals surface area contributed by atoms with Gasteiger partial charge in [-0.1, -0.05) is 36.7 Å². The van der Waals surface area contributed by atoms with Gasteiger partial charge in [0.25, 0.3) is 0 Å². The van der Waals surface area contributed by atoms with Crippen LogP contribution in [0.5, 0.6) is 5.75 Å². The lowest BCUT2D eigenvalue weighted by atomic mass is 9.87. The van der Waals surface area contributed by atoms with Crippen LogP contribution in [0.4, 0.5) is 0 Å². The number of hydrogen-bond acceptors (Lipinski definition) is 3. The van der Waals surface area contributed by atoms with Gasteiger partial charge in [0.15, 0.2) is 0 Å². The third-order valence-corrected chi connectivity index (χ3v) is 3.84. The summed E-state index contributed by atoms with van der Waals surface area (Å²) in [5.74, 6) is 0.210. The molecule has 1 aliphatic rings. The highest BCUT2D eigenvalue weighted by Crippen LogP contribution is 2.36. The average molecular weight is 337 g/mol. The van der Waals surface area contributed by atoms with Crippen LogP contribution in [0.3, 0.4) is 0 Å². The van der Waals surface area contributed by atoms with E-state index in [9.17, 15) is 10.1 Å². The van der Waals surface area contributed by atoms with Crippen LogP contribution in [0.15, 0.2) is 22.7 Å². The quantitative estimate of drug-likeness (QED) is 0.902. The lowest BCUT2D eigenvalue weighted by Crippen LogP contribution is -2.44. The smallest absolute Gasteiger partial charge is 0.232 e. The first kappa shape index (κ1) is 14.9. The van der Waals surface area contributed by atoms with Gasteiger partial charge in [-0.2, -0.15) is 5.26 Å². The van der Waals surface area contributed by atoms with E-state index in [0.29, 0.717) is 6.61 Å². The summed E-state index contributed by atoms with van der Waals surface area (Å²) in [4.78, 5) is 12.4. The first-order valence-corrected chi connectivity index (χ1v) is 7.24. The summed E-state index contributed by atoms with van der Waals surface area (Å²) in [7, 11) is 0. The van der Waals surface area contributed by atoms with Crippen LogP contribution in [0.2, 0.25) is 0 Å². The molecule has 2 atom stereocenters. The third kappa shape index (κ3) is 2.96. The molecule has 4 nitrogen and oxygen atoms in total. The largest absolute Gasteiger partial charge is 0.492 e. The fourth-order valence-corrected chi connectivity index (χ4v) is 2.47. The molecular formula is C15H17BrN2O2. The van der Waals surface area contributed by atoms with Crippen LogP contribution >= 0.6 is 15.9 Å². The maximum atomic E-state index is 12.4. The molecule has 106 valence electrons. The second-order valence-electron chi connectivity index (χ2n) is 5.98. The Morgan fingerprint density at radius 1 is 1.55 bits per heavy atom. The number of carbonyl (C=O) groups is 1. The van der Waals surface area contributed by atoms with E-state index < -0.39 is 6.04 Å². The minimum absolute atomic E-state index is 0.164. The highest BCUT2D eigenvalue weighted by atomic mass is 79.9. The number of rotatable bonds is 2. The van der Waals surface area contributed by atoms with Crippen LogP contribution in [0.1, 0.15) is 32.3 Å². The molecule has 1 aromatic rings. The maximum absolute atomic E-state index is 12.4. The molecule has 0 saturated carbocycles. The van der Waals surface area contributed by atoms with Crippen LogP contribution in [0.25, 0.3) is 0 Å². The highest BCUT2D eigenvalue weighted by Gasteiger charge is 2.34. The van der Waals surface area contributed by atoms with Gasteiger partial charge in [-0.15, -0.1) is 0 Å². The van der Waals surface area contributed by atoms with Gasteiger partial charge in [0, 0.05) is 10.0 Å². The van der Waals surface area contributed by atoms with E-state index in [-0.39, 0.29) is 17.2 Å². The number of benzene rings is 1. The summed E-state index contributed by atoms with van der Waals surface area (Å²) in [5.41, 5.74) is 0.562. The molecule has 0 fully saturated rings. The molecule has 1 heterocycles. The number of carbonyl (C=O) groups excluding carboxylic acids is 1. The minimum Gasteiger partial charge on any atom is -0.492 e. The molecule has 1 N–H and O–H groups in total. The zero-order valence-corrected chi connectivity index (χ0v) is 13.3. The van der Waals surface area contributed by atoms with Gasteiger partial charge in [-0.25, -0.2) is 0 Å². The minimum atomic E-state index is -0.522. The van der Waals surface area contributed by atoms with Crippen LogP contribution in [0, 0.1) is 16.7 Å². The van der Waals surface area contributed by atoms with Gasteiger partial charge in [-0.3, -0.25) is 4.79 Å². The van der Waals surface area contributed by atoms with Crippen LogP contribution in [-0.2, 0) is 4.79 Å². The van der Waals surface area contributed by atoms with Crippen molar-refractivity contribution in [3.8, 4) is 11.8 Å². The van der Waals surface area contributed by atoms with Gasteiger partial charge >= 0.3 is 0 Å². The Hall–Kier alpha value is -1.54. The van der Waals surface area contributed by atoms with E-state index in [1.54, 1.807) is 0 Å². The van der Waals surface area contributed by atoms with Crippen molar-refractivity contribution in [3.05, 3.63) is 28.2 Å². The standard InChI is InChI=1S/C15H17BrN2O2/c1-15(2,3)13(7-17)18-14(19)11-8-20-12-5-4-9(16)6-10(11)12/h4-6,11,13H,8H2,1-3H3,(H,18,19)/t11-,13+/m1/s1. The summed E-state index contributed by atoms with van der Waals surface area (Å²) < 4.78 is 6.43. The molecule has 0 aliphatic carbocycles. The Bertz CT molecular complexity index is 572. The number of nitrogens with one attached hydrogen (secondary N) is 1. The number of fused-ring (bicyclic) bond motifs is 1. The molecule has 0 radical (unpaired) electrons. The van der Waals surface area contributed by atoms with Crippen molar-refractivity contribution in [2.24, 2.45) is 5.41 Å². The van der Waals surface area contributed by atoms with Crippen LogP contribution in [-0.4, -0.2) is 18.6 Å². The number of halogens is 1. The van der Waals surface area contributed by atoms with E-state index in [1.165, 1.54) is 0 Å². The fraction of sp³-hybridized carbons (Fsp3) is 0.467. The Labute approximate surface area is 127 Å². The monoisotopic (exact) mass is 336 g/mol. The number of amides is 1. The van der Waals surface area contributed by atoms with Crippen molar-refractivity contribution in [2.75, 3.05) is 6.61 Å². The first-order valence-electron chi connectivity index (χ1n) is 6.45. The zero-order chi connectivity index (χ0) is 14.9. The van der Waals surface area contributed by atoms with E-state index in [4.69, 9.17) is 4.74 Å². The van der Waals surface area contributed by atoms with E-state index in [2.05, 4.69) is 27.3 Å². The number of hydrogen-bond donors (Lipinski definition) is 1. The number of ether oxygens (including phenoxy) is 1. The highest BCUT2D eigenvalue weighted by molar-refractivity contribution is 9.10. The normalized spacial score (nSPS) is 18.6. The summed E-state index contributed by atoms with van der Waals surface area (Å²) >= 11 is 3.40. The maximum Gasteiger partial charge on any atom is 0.232 e. The lowest BCUT2D eigenvalue weighted by Gasteiger charge is -2.26. The van der Waals surface area contributed by atoms with Crippen molar-refractivity contribution >= 4 is 21.8 Å².